The minimum absolute atomic E-state index is 0.144. The van der Waals surface area contributed by atoms with Crippen LogP contribution in [0, 0.1) is 6.92 Å². The van der Waals surface area contributed by atoms with Crippen molar-refractivity contribution in [2.45, 2.75) is 31.5 Å². The van der Waals surface area contributed by atoms with Gasteiger partial charge >= 0.3 is 5.69 Å². The van der Waals surface area contributed by atoms with E-state index >= 15 is 0 Å². The Bertz CT molecular complexity index is 563. The lowest BCUT2D eigenvalue weighted by atomic mass is 10.2. The summed E-state index contributed by atoms with van der Waals surface area (Å²) in [5.74, 6) is 0. The van der Waals surface area contributed by atoms with E-state index in [0.29, 0.717) is 5.56 Å². The summed E-state index contributed by atoms with van der Waals surface area (Å²) in [6.07, 6.45) is 0.119. The number of hydrogen-bond donors (Lipinski definition) is 2. The van der Waals surface area contributed by atoms with Crippen LogP contribution < -0.4 is 11.2 Å². The van der Waals surface area contributed by atoms with Gasteiger partial charge in [-0.15, -0.1) is 0 Å². The number of ether oxygens (including phenoxy) is 2. The van der Waals surface area contributed by atoms with Crippen LogP contribution in [0.4, 0.5) is 0 Å². The van der Waals surface area contributed by atoms with Gasteiger partial charge in [0.1, 0.15) is 18.3 Å². The van der Waals surface area contributed by atoms with E-state index in [9.17, 15) is 9.59 Å². The molecule has 2 saturated heterocycles. The SMILES string of the molecule is Cc1cn([C@H]2O[C@@H](CO)[C@@H]3O[C@@H]32)c(=O)[nH]c1=O. The number of aliphatic hydroxyl groups excluding tert-OH is 1. The molecule has 3 rings (SSSR count). The lowest BCUT2D eigenvalue weighted by Crippen LogP contribution is -2.35. The van der Waals surface area contributed by atoms with E-state index in [-0.39, 0.29) is 18.8 Å². The first-order valence-electron chi connectivity index (χ1n) is 5.35. The average molecular weight is 240 g/mol. The van der Waals surface area contributed by atoms with Crippen molar-refractivity contribution < 1.29 is 14.6 Å². The van der Waals surface area contributed by atoms with Gasteiger partial charge in [-0.3, -0.25) is 14.3 Å². The van der Waals surface area contributed by atoms with Crippen molar-refractivity contribution in [2.24, 2.45) is 0 Å². The highest BCUT2D eigenvalue weighted by atomic mass is 16.7. The fourth-order valence-corrected chi connectivity index (χ4v) is 2.14. The van der Waals surface area contributed by atoms with Crippen LogP contribution >= 0.6 is 0 Å². The zero-order valence-electron chi connectivity index (χ0n) is 9.12. The normalized spacial score (nSPS) is 34.7. The molecule has 0 radical (unpaired) electrons. The molecular weight excluding hydrogens is 228 g/mol. The Labute approximate surface area is 95.6 Å². The largest absolute Gasteiger partial charge is 0.394 e. The fraction of sp³-hybridized carbons (Fsp3) is 0.600. The predicted octanol–water partition coefficient (Wildman–Crippen LogP) is -1.50. The first kappa shape index (κ1) is 10.7. The van der Waals surface area contributed by atoms with Crippen LogP contribution in [0.2, 0.25) is 0 Å². The Balaban J connectivity index is 1.98. The first-order chi connectivity index (χ1) is 8.11. The van der Waals surface area contributed by atoms with E-state index in [0.717, 1.165) is 0 Å². The monoisotopic (exact) mass is 240 g/mol. The molecule has 17 heavy (non-hydrogen) atoms. The number of aromatic amines is 1. The summed E-state index contributed by atoms with van der Waals surface area (Å²) >= 11 is 0. The molecule has 0 amide bonds. The van der Waals surface area contributed by atoms with Crippen molar-refractivity contribution in [1.29, 1.82) is 0 Å². The summed E-state index contributed by atoms with van der Waals surface area (Å²) in [7, 11) is 0. The second-order valence-electron chi connectivity index (χ2n) is 4.29. The highest BCUT2D eigenvalue weighted by molar-refractivity contribution is 5.06. The Morgan fingerprint density at radius 1 is 1.41 bits per heavy atom. The smallest absolute Gasteiger partial charge is 0.330 e. The van der Waals surface area contributed by atoms with E-state index in [2.05, 4.69) is 4.98 Å². The summed E-state index contributed by atoms with van der Waals surface area (Å²) < 4.78 is 12.1. The van der Waals surface area contributed by atoms with E-state index in [1.54, 1.807) is 6.92 Å². The molecule has 2 aliphatic rings. The maximum Gasteiger partial charge on any atom is 0.330 e. The molecule has 1 aromatic heterocycles. The second-order valence-corrected chi connectivity index (χ2v) is 4.29. The highest BCUT2D eigenvalue weighted by Gasteiger charge is 2.58. The van der Waals surface area contributed by atoms with Crippen LogP contribution in [0.15, 0.2) is 15.8 Å². The number of H-pyrrole nitrogens is 1. The quantitative estimate of drug-likeness (QED) is 0.613. The second kappa shape index (κ2) is 3.52. The lowest BCUT2D eigenvalue weighted by molar-refractivity contribution is -0.0857. The van der Waals surface area contributed by atoms with Gasteiger partial charge < -0.3 is 14.6 Å². The molecule has 0 unspecified atom stereocenters. The summed E-state index contributed by atoms with van der Waals surface area (Å²) in [6, 6.07) is 0. The Morgan fingerprint density at radius 3 is 2.82 bits per heavy atom. The molecule has 1 aromatic rings. The van der Waals surface area contributed by atoms with Crippen molar-refractivity contribution in [3.05, 3.63) is 32.6 Å². The number of fused-ring (bicyclic) bond motifs is 1. The minimum atomic E-state index is -0.569. The molecule has 4 atom stereocenters. The van der Waals surface area contributed by atoms with Crippen molar-refractivity contribution in [1.82, 2.24) is 9.55 Å². The zero-order chi connectivity index (χ0) is 12.2. The topological polar surface area (TPSA) is 96.8 Å². The van der Waals surface area contributed by atoms with Gasteiger partial charge in [-0.05, 0) is 6.92 Å². The maximum atomic E-state index is 11.6. The fourth-order valence-electron chi connectivity index (χ4n) is 2.14. The predicted molar refractivity (Wildman–Crippen MR) is 55.7 cm³/mol. The van der Waals surface area contributed by atoms with Gasteiger partial charge in [-0.2, -0.15) is 0 Å². The number of hydrogen-bond acceptors (Lipinski definition) is 5. The number of rotatable bonds is 2. The average Bonchev–Trinajstić information content (AvgIpc) is 3.00. The van der Waals surface area contributed by atoms with Crippen LogP contribution in [0.25, 0.3) is 0 Å². The van der Waals surface area contributed by atoms with Crippen molar-refractivity contribution in [2.75, 3.05) is 6.61 Å². The van der Waals surface area contributed by atoms with Gasteiger partial charge in [-0.25, -0.2) is 4.79 Å². The molecule has 0 spiro atoms. The number of epoxide rings is 1. The number of nitrogens with one attached hydrogen (secondary N) is 1. The lowest BCUT2D eigenvalue weighted by Gasteiger charge is -2.18. The van der Waals surface area contributed by atoms with Crippen LogP contribution in [0.3, 0.4) is 0 Å². The molecular formula is C10H12N2O5. The van der Waals surface area contributed by atoms with E-state index < -0.39 is 23.6 Å². The van der Waals surface area contributed by atoms with E-state index in [4.69, 9.17) is 14.6 Å². The standard InChI is InChI=1S/C10H12N2O5/c1-4-2-12(10(15)11-8(4)14)9-7-6(17-7)5(3-13)16-9/h2,5-7,9,13H,3H2,1H3,(H,11,14,15)/t5-,6-,7-,9-/m0/s1. The number of nitrogens with zero attached hydrogens (tertiary/aromatic N) is 1. The van der Waals surface area contributed by atoms with E-state index in [1.165, 1.54) is 10.8 Å². The summed E-state index contributed by atoms with van der Waals surface area (Å²) in [4.78, 5) is 25.1. The molecule has 7 nitrogen and oxygen atoms in total. The van der Waals surface area contributed by atoms with Crippen LogP contribution in [0.5, 0.6) is 0 Å². The number of aryl methyl sites for hydroxylation is 1. The molecule has 2 aliphatic heterocycles. The zero-order valence-corrected chi connectivity index (χ0v) is 9.12. The first-order valence-corrected chi connectivity index (χ1v) is 5.35. The van der Waals surface area contributed by atoms with Crippen LogP contribution in [-0.4, -0.2) is 39.6 Å². The highest BCUT2D eigenvalue weighted by Crippen LogP contribution is 2.43. The molecule has 2 fully saturated rings. The third-order valence-electron chi connectivity index (χ3n) is 3.12. The summed E-state index contributed by atoms with van der Waals surface area (Å²) in [5.41, 5.74) is -0.507. The Morgan fingerprint density at radius 2 is 2.18 bits per heavy atom. The van der Waals surface area contributed by atoms with Gasteiger partial charge in [0.25, 0.3) is 5.56 Å². The number of aromatic nitrogens is 2. The minimum Gasteiger partial charge on any atom is -0.394 e. The van der Waals surface area contributed by atoms with Gasteiger partial charge in [0, 0.05) is 11.8 Å². The molecule has 0 bridgehead atoms. The van der Waals surface area contributed by atoms with Crippen LogP contribution in [0.1, 0.15) is 11.8 Å². The molecule has 92 valence electrons. The van der Waals surface area contributed by atoms with Gasteiger partial charge in [0.2, 0.25) is 0 Å². The number of aliphatic hydroxyl groups is 1. The maximum absolute atomic E-state index is 11.6. The van der Waals surface area contributed by atoms with Gasteiger partial charge in [0.05, 0.1) is 6.61 Å². The van der Waals surface area contributed by atoms with Crippen molar-refractivity contribution in [3.8, 4) is 0 Å². The van der Waals surface area contributed by atoms with Gasteiger partial charge in [-0.1, -0.05) is 0 Å². The summed E-state index contributed by atoms with van der Waals surface area (Å²) in [5, 5.41) is 9.05. The molecule has 7 heteroatoms. The third-order valence-corrected chi connectivity index (χ3v) is 3.12. The Hall–Kier alpha value is -1.44. The third kappa shape index (κ3) is 1.54. The van der Waals surface area contributed by atoms with Crippen molar-refractivity contribution in [3.63, 3.8) is 0 Å². The van der Waals surface area contributed by atoms with Crippen molar-refractivity contribution >= 4 is 0 Å². The van der Waals surface area contributed by atoms with Gasteiger partial charge in [0.15, 0.2) is 6.23 Å². The van der Waals surface area contributed by atoms with Crippen LogP contribution in [-0.2, 0) is 9.47 Å². The Kier molecular flexibility index (Phi) is 2.22. The molecule has 3 heterocycles. The molecule has 0 aliphatic carbocycles. The summed E-state index contributed by atoms with van der Waals surface area (Å²) in [6.45, 7) is 1.47. The molecule has 0 aromatic carbocycles. The van der Waals surface area contributed by atoms with E-state index in [1.807, 2.05) is 0 Å². The molecule has 0 saturated carbocycles. The molecule has 2 N–H and O–H groups in total.